The van der Waals surface area contributed by atoms with E-state index in [1.165, 1.54) is 0 Å². The lowest BCUT2D eigenvalue weighted by atomic mass is 10.1. The van der Waals surface area contributed by atoms with Crippen molar-refractivity contribution in [2.24, 2.45) is 0 Å². The Morgan fingerprint density at radius 2 is 2.12 bits per heavy atom. The van der Waals surface area contributed by atoms with Gasteiger partial charge >= 0.3 is 6.03 Å². The summed E-state index contributed by atoms with van der Waals surface area (Å²) in [7, 11) is 1.72. The minimum absolute atomic E-state index is 0.102. The molecule has 0 bridgehead atoms. The van der Waals surface area contributed by atoms with E-state index in [4.69, 9.17) is 4.74 Å². The molecule has 7 nitrogen and oxygen atoms in total. The Bertz CT molecular complexity index is 734. The largest absolute Gasteiger partial charge is 0.485 e. The van der Waals surface area contributed by atoms with Crippen LogP contribution in [0.5, 0.6) is 5.75 Å². The van der Waals surface area contributed by atoms with Gasteiger partial charge in [-0.15, -0.1) is 0 Å². The summed E-state index contributed by atoms with van der Waals surface area (Å²) >= 11 is 0. The molecular weight excluding hydrogens is 320 g/mol. The fourth-order valence-electron chi connectivity index (χ4n) is 2.55. The molecule has 3 amide bonds. The van der Waals surface area contributed by atoms with Crippen LogP contribution in [-0.4, -0.2) is 48.1 Å². The van der Waals surface area contributed by atoms with Gasteiger partial charge in [0, 0.05) is 7.05 Å². The zero-order valence-corrected chi connectivity index (χ0v) is 13.9. The van der Waals surface area contributed by atoms with Crippen LogP contribution in [0.2, 0.25) is 0 Å². The minimum atomic E-state index is -0.136. The molecular formula is C18H20N4O3. The van der Waals surface area contributed by atoms with Gasteiger partial charge < -0.3 is 20.3 Å². The topological polar surface area (TPSA) is 83.6 Å². The van der Waals surface area contributed by atoms with Crippen molar-refractivity contribution >= 4 is 17.8 Å². The van der Waals surface area contributed by atoms with E-state index in [0.717, 1.165) is 5.56 Å². The van der Waals surface area contributed by atoms with Gasteiger partial charge in [0.1, 0.15) is 17.7 Å². The number of anilines is 1. The maximum absolute atomic E-state index is 12.0. The molecule has 25 heavy (non-hydrogen) atoms. The maximum atomic E-state index is 12.0. The van der Waals surface area contributed by atoms with Gasteiger partial charge in [-0.3, -0.25) is 4.79 Å². The Morgan fingerprint density at radius 3 is 2.80 bits per heavy atom. The SMILES string of the molecule is CN1CC(Oc2ccc(NC(=O)Cc3ccccc3)nc2)CNC1=O. The van der Waals surface area contributed by atoms with Crippen LogP contribution in [0.15, 0.2) is 48.7 Å². The van der Waals surface area contributed by atoms with E-state index in [-0.39, 0.29) is 18.0 Å². The summed E-state index contributed by atoms with van der Waals surface area (Å²) in [5.41, 5.74) is 0.948. The van der Waals surface area contributed by atoms with Crippen molar-refractivity contribution in [2.75, 3.05) is 25.5 Å². The zero-order valence-electron chi connectivity index (χ0n) is 13.9. The summed E-state index contributed by atoms with van der Waals surface area (Å²) in [6.07, 6.45) is 1.73. The summed E-state index contributed by atoms with van der Waals surface area (Å²) in [5, 5.41) is 5.51. The third-order valence-electron chi connectivity index (χ3n) is 3.82. The molecule has 2 aromatic rings. The smallest absolute Gasteiger partial charge is 0.317 e. The quantitative estimate of drug-likeness (QED) is 0.867. The van der Waals surface area contributed by atoms with E-state index >= 15 is 0 Å². The zero-order chi connectivity index (χ0) is 17.6. The Balaban J connectivity index is 1.52. The first-order chi connectivity index (χ1) is 12.1. The molecule has 1 aliphatic rings. The van der Waals surface area contributed by atoms with Gasteiger partial charge in [0.15, 0.2) is 0 Å². The van der Waals surface area contributed by atoms with Crippen molar-refractivity contribution in [3.63, 3.8) is 0 Å². The number of benzene rings is 1. The summed E-state index contributed by atoms with van der Waals surface area (Å²) < 4.78 is 5.80. The first-order valence-corrected chi connectivity index (χ1v) is 8.05. The number of nitrogens with zero attached hydrogens (tertiary/aromatic N) is 2. The molecule has 1 aromatic heterocycles. The molecule has 1 aliphatic heterocycles. The number of amides is 3. The Kier molecular flexibility index (Phi) is 5.13. The number of pyridine rings is 1. The Labute approximate surface area is 146 Å². The standard InChI is InChI=1S/C18H20N4O3/c1-22-12-15(11-20-18(22)24)25-14-7-8-16(19-10-14)21-17(23)9-13-5-3-2-4-6-13/h2-8,10,15H,9,11-12H2,1H3,(H,20,24)(H,19,21,23). The van der Waals surface area contributed by atoms with Crippen LogP contribution < -0.4 is 15.4 Å². The highest BCUT2D eigenvalue weighted by Gasteiger charge is 2.23. The highest BCUT2D eigenvalue weighted by Crippen LogP contribution is 2.15. The van der Waals surface area contributed by atoms with Crippen molar-refractivity contribution in [1.82, 2.24) is 15.2 Å². The molecule has 1 unspecified atom stereocenters. The fraction of sp³-hybridized carbons (Fsp3) is 0.278. The van der Waals surface area contributed by atoms with Gasteiger partial charge in [0.2, 0.25) is 5.91 Å². The number of urea groups is 1. The molecule has 0 radical (unpaired) electrons. The molecule has 1 atom stereocenters. The monoisotopic (exact) mass is 340 g/mol. The van der Waals surface area contributed by atoms with Crippen molar-refractivity contribution in [3.8, 4) is 5.75 Å². The lowest BCUT2D eigenvalue weighted by Gasteiger charge is -2.30. The number of aromatic nitrogens is 1. The van der Waals surface area contributed by atoms with Crippen LogP contribution in [0.1, 0.15) is 5.56 Å². The first kappa shape index (κ1) is 16.8. The van der Waals surface area contributed by atoms with Crippen molar-refractivity contribution in [3.05, 3.63) is 54.2 Å². The molecule has 1 fully saturated rings. The summed E-state index contributed by atoms with van der Waals surface area (Å²) in [6.45, 7) is 0.972. The molecule has 2 N–H and O–H groups in total. The average Bonchev–Trinajstić information content (AvgIpc) is 2.61. The molecule has 1 aromatic carbocycles. The summed E-state index contributed by atoms with van der Waals surface area (Å²) in [4.78, 5) is 29.2. The third-order valence-corrected chi connectivity index (χ3v) is 3.82. The Hall–Kier alpha value is -3.09. The number of carbonyl (C=O) groups is 2. The highest BCUT2D eigenvalue weighted by atomic mass is 16.5. The van der Waals surface area contributed by atoms with Crippen molar-refractivity contribution < 1.29 is 14.3 Å². The van der Waals surface area contributed by atoms with E-state index in [2.05, 4.69) is 15.6 Å². The van der Waals surface area contributed by atoms with Gasteiger partial charge in [0.05, 0.1) is 25.7 Å². The average molecular weight is 340 g/mol. The first-order valence-electron chi connectivity index (χ1n) is 8.05. The normalized spacial score (nSPS) is 16.9. The number of rotatable bonds is 5. The highest BCUT2D eigenvalue weighted by molar-refractivity contribution is 5.91. The number of likely N-dealkylation sites (N-methyl/N-ethyl adjacent to an activating group) is 1. The maximum Gasteiger partial charge on any atom is 0.317 e. The van der Waals surface area contributed by atoms with E-state index < -0.39 is 0 Å². The third kappa shape index (κ3) is 4.69. The number of carbonyl (C=O) groups excluding carboxylic acids is 2. The van der Waals surface area contributed by atoms with Crippen LogP contribution in [0.4, 0.5) is 10.6 Å². The predicted molar refractivity (Wildman–Crippen MR) is 93.5 cm³/mol. The predicted octanol–water partition coefficient (Wildman–Crippen LogP) is 1.67. The second kappa shape index (κ2) is 7.65. The molecule has 3 rings (SSSR count). The van der Waals surface area contributed by atoms with Gasteiger partial charge in [-0.2, -0.15) is 0 Å². The van der Waals surface area contributed by atoms with Crippen LogP contribution in [0, 0.1) is 0 Å². The summed E-state index contributed by atoms with van der Waals surface area (Å²) in [6, 6.07) is 12.9. The van der Waals surface area contributed by atoms with E-state index in [0.29, 0.717) is 31.1 Å². The van der Waals surface area contributed by atoms with Crippen molar-refractivity contribution in [1.29, 1.82) is 0 Å². The van der Waals surface area contributed by atoms with E-state index in [1.54, 1.807) is 30.3 Å². The van der Waals surface area contributed by atoms with Gasteiger partial charge in [-0.1, -0.05) is 30.3 Å². The second-order valence-corrected chi connectivity index (χ2v) is 5.90. The lowest BCUT2D eigenvalue weighted by molar-refractivity contribution is -0.115. The molecule has 0 spiro atoms. The lowest BCUT2D eigenvalue weighted by Crippen LogP contribution is -2.53. The van der Waals surface area contributed by atoms with E-state index in [9.17, 15) is 9.59 Å². The van der Waals surface area contributed by atoms with Gasteiger partial charge in [-0.05, 0) is 17.7 Å². The van der Waals surface area contributed by atoms with E-state index in [1.807, 2.05) is 30.3 Å². The molecule has 7 heteroatoms. The molecule has 2 heterocycles. The molecule has 1 saturated heterocycles. The number of ether oxygens (including phenoxy) is 1. The van der Waals surface area contributed by atoms with Crippen molar-refractivity contribution in [2.45, 2.75) is 12.5 Å². The molecule has 0 saturated carbocycles. The van der Waals surface area contributed by atoms with Gasteiger partial charge in [0.25, 0.3) is 0 Å². The number of hydrogen-bond donors (Lipinski definition) is 2. The minimum Gasteiger partial charge on any atom is -0.485 e. The van der Waals surface area contributed by atoms with Gasteiger partial charge in [-0.25, -0.2) is 9.78 Å². The van der Waals surface area contributed by atoms with Crippen LogP contribution in [0.25, 0.3) is 0 Å². The molecule has 130 valence electrons. The fourth-order valence-corrected chi connectivity index (χ4v) is 2.55. The van der Waals surface area contributed by atoms with Crippen LogP contribution >= 0.6 is 0 Å². The second-order valence-electron chi connectivity index (χ2n) is 5.90. The summed E-state index contributed by atoms with van der Waals surface area (Å²) in [5.74, 6) is 0.946. The molecule has 0 aliphatic carbocycles. The van der Waals surface area contributed by atoms with Crippen LogP contribution in [0.3, 0.4) is 0 Å². The Morgan fingerprint density at radius 1 is 1.32 bits per heavy atom. The number of hydrogen-bond acceptors (Lipinski definition) is 4. The number of nitrogens with one attached hydrogen (secondary N) is 2. The van der Waals surface area contributed by atoms with Crippen LogP contribution in [-0.2, 0) is 11.2 Å².